The zero-order chi connectivity index (χ0) is 15.2. The number of hydrogen-bond donors (Lipinski definition) is 1. The maximum absolute atomic E-state index is 12.4. The van der Waals surface area contributed by atoms with E-state index in [0.717, 1.165) is 29.8 Å². The number of pyridine rings is 1. The maximum atomic E-state index is 12.4. The lowest BCUT2D eigenvalue weighted by atomic mass is 10.1. The third kappa shape index (κ3) is 3.62. The van der Waals surface area contributed by atoms with E-state index in [0.29, 0.717) is 5.56 Å². The Bertz CT molecular complexity index is 627. The summed E-state index contributed by atoms with van der Waals surface area (Å²) >= 11 is 0. The summed E-state index contributed by atoms with van der Waals surface area (Å²) in [5, 5.41) is 2.97. The lowest BCUT2D eigenvalue weighted by Gasteiger charge is -2.16. The minimum absolute atomic E-state index is 0.156. The topological polar surface area (TPSA) is 67.8 Å². The number of amides is 1. The Labute approximate surface area is 124 Å². The summed E-state index contributed by atoms with van der Waals surface area (Å²) in [4.78, 5) is 24.9. The molecule has 0 aliphatic rings. The first-order valence-electron chi connectivity index (χ1n) is 7.14. The van der Waals surface area contributed by atoms with Crippen molar-refractivity contribution in [2.45, 2.75) is 39.7 Å². The second-order valence-corrected chi connectivity index (χ2v) is 5.03. The number of rotatable bonds is 5. The van der Waals surface area contributed by atoms with E-state index in [4.69, 9.17) is 0 Å². The molecule has 0 bridgehead atoms. The molecule has 0 saturated heterocycles. The summed E-state index contributed by atoms with van der Waals surface area (Å²) in [5.41, 5.74) is 3.26. The quantitative estimate of drug-likeness (QED) is 0.916. The first-order chi connectivity index (χ1) is 10.1. The zero-order valence-corrected chi connectivity index (χ0v) is 12.6. The second kappa shape index (κ2) is 6.92. The highest BCUT2D eigenvalue weighted by Gasteiger charge is 2.17. The molecule has 5 nitrogen and oxygen atoms in total. The molecular formula is C16H20N4O. The number of hydrogen-bond acceptors (Lipinski definition) is 4. The zero-order valence-electron chi connectivity index (χ0n) is 12.6. The minimum Gasteiger partial charge on any atom is -0.344 e. The summed E-state index contributed by atoms with van der Waals surface area (Å²) in [6.45, 7) is 5.97. The van der Waals surface area contributed by atoms with Gasteiger partial charge in [0.25, 0.3) is 5.91 Å². The van der Waals surface area contributed by atoms with Crippen molar-refractivity contribution < 1.29 is 4.79 Å². The van der Waals surface area contributed by atoms with Crippen molar-refractivity contribution in [3.63, 3.8) is 0 Å². The van der Waals surface area contributed by atoms with Gasteiger partial charge in [-0.05, 0) is 31.9 Å². The molecule has 110 valence electrons. The van der Waals surface area contributed by atoms with Crippen LogP contribution in [0.1, 0.15) is 53.6 Å². The highest BCUT2D eigenvalue weighted by atomic mass is 16.1. The summed E-state index contributed by atoms with van der Waals surface area (Å²) in [6.07, 6.45) is 6.49. The van der Waals surface area contributed by atoms with Crippen molar-refractivity contribution in [3.8, 4) is 0 Å². The van der Waals surface area contributed by atoms with Crippen LogP contribution in [0.4, 0.5) is 0 Å². The van der Waals surface area contributed by atoms with Crippen molar-refractivity contribution in [3.05, 3.63) is 53.4 Å². The van der Waals surface area contributed by atoms with Crippen LogP contribution in [0.5, 0.6) is 0 Å². The molecule has 0 saturated carbocycles. The number of aryl methyl sites for hydroxylation is 2. The van der Waals surface area contributed by atoms with Gasteiger partial charge in [-0.1, -0.05) is 19.4 Å². The number of nitrogens with one attached hydrogen (secondary N) is 1. The Kier molecular flexibility index (Phi) is 4.98. The predicted molar refractivity (Wildman–Crippen MR) is 80.9 cm³/mol. The van der Waals surface area contributed by atoms with Gasteiger partial charge in [0.05, 0.1) is 23.0 Å². The summed E-state index contributed by atoms with van der Waals surface area (Å²) in [5.74, 6) is -0.156. The van der Waals surface area contributed by atoms with Crippen LogP contribution in [0.25, 0.3) is 0 Å². The lowest BCUT2D eigenvalue weighted by molar-refractivity contribution is 0.0937. The molecule has 1 atom stereocenters. The number of carbonyl (C=O) groups excluding carboxylic acids is 1. The average Bonchev–Trinajstić information content (AvgIpc) is 2.48. The first-order valence-corrected chi connectivity index (χ1v) is 7.14. The Balaban J connectivity index is 2.17. The van der Waals surface area contributed by atoms with E-state index in [9.17, 15) is 4.79 Å². The smallest absolute Gasteiger partial charge is 0.255 e. The molecule has 5 heteroatoms. The second-order valence-electron chi connectivity index (χ2n) is 5.03. The Morgan fingerprint density at radius 1 is 1.38 bits per heavy atom. The van der Waals surface area contributed by atoms with Gasteiger partial charge in [0, 0.05) is 12.4 Å². The van der Waals surface area contributed by atoms with Gasteiger partial charge in [0.15, 0.2) is 0 Å². The van der Waals surface area contributed by atoms with E-state index in [1.54, 1.807) is 12.4 Å². The molecule has 0 aliphatic carbocycles. The van der Waals surface area contributed by atoms with E-state index in [-0.39, 0.29) is 11.9 Å². The standard InChI is InChI=1S/C16H20N4O/c1-4-6-14-13(9-17-10-19-14)16(21)20-12(3)15-11(2)7-5-8-18-15/h5,7-10,12H,4,6H2,1-3H3,(H,20,21). The van der Waals surface area contributed by atoms with E-state index >= 15 is 0 Å². The van der Waals surface area contributed by atoms with Gasteiger partial charge in [-0.25, -0.2) is 9.97 Å². The molecule has 1 unspecified atom stereocenters. The van der Waals surface area contributed by atoms with Gasteiger partial charge < -0.3 is 5.32 Å². The maximum Gasteiger partial charge on any atom is 0.255 e. The van der Waals surface area contributed by atoms with Crippen molar-refractivity contribution in [2.24, 2.45) is 0 Å². The van der Waals surface area contributed by atoms with Crippen molar-refractivity contribution in [1.29, 1.82) is 0 Å². The number of aromatic nitrogens is 3. The van der Waals surface area contributed by atoms with E-state index in [1.165, 1.54) is 6.33 Å². The van der Waals surface area contributed by atoms with Gasteiger partial charge in [-0.2, -0.15) is 0 Å². The van der Waals surface area contributed by atoms with Crippen LogP contribution in [0.2, 0.25) is 0 Å². The van der Waals surface area contributed by atoms with Crippen LogP contribution in [0, 0.1) is 6.92 Å². The fourth-order valence-corrected chi connectivity index (χ4v) is 2.27. The van der Waals surface area contributed by atoms with Crippen molar-refractivity contribution in [1.82, 2.24) is 20.3 Å². The van der Waals surface area contributed by atoms with Gasteiger partial charge in [-0.3, -0.25) is 9.78 Å². The summed E-state index contributed by atoms with van der Waals surface area (Å²) in [6, 6.07) is 3.71. The summed E-state index contributed by atoms with van der Waals surface area (Å²) in [7, 11) is 0. The Morgan fingerprint density at radius 3 is 2.90 bits per heavy atom. The number of carbonyl (C=O) groups is 1. The van der Waals surface area contributed by atoms with Gasteiger partial charge in [0.2, 0.25) is 0 Å². The van der Waals surface area contributed by atoms with E-state index in [2.05, 4.69) is 27.2 Å². The fourth-order valence-electron chi connectivity index (χ4n) is 2.27. The number of nitrogens with zero attached hydrogens (tertiary/aromatic N) is 3. The molecule has 2 heterocycles. The first kappa shape index (κ1) is 15.1. The van der Waals surface area contributed by atoms with Crippen LogP contribution in [-0.2, 0) is 6.42 Å². The van der Waals surface area contributed by atoms with Crippen LogP contribution < -0.4 is 5.32 Å². The van der Waals surface area contributed by atoms with Crippen molar-refractivity contribution >= 4 is 5.91 Å². The molecule has 0 aliphatic heterocycles. The largest absolute Gasteiger partial charge is 0.344 e. The van der Waals surface area contributed by atoms with Gasteiger partial charge >= 0.3 is 0 Å². The van der Waals surface area contributed by atoms with Crippen LogP contribution in [0.3, 0.4) is 0 Å². The minimum atomic E-state index is -0.159. The average molecular weight is 284 g/mol. The summed E-state index contributed by atoms with van der Waals surface area (Å²) < 4.78 is 0. The normalized spacial score (nSPS) is 12.0. The molecular weight excluding hydrogens is 264 g/mol. The fraction of sp³-hybridized carbons (Fsp3) is 0.375. The lowest BCUT2D eigenvalue weighted by Crippen LogP contribution is -2.29. The molecule has 0 radical (unpaired) electrons. The Hall–Kier alpha value is -2.30. The third-order valence-electron chi connectivity index (χ3n) is 3.33. The molecule has 0 fully saturated rings. The van der Waals surface area contributed by atoms with Gasteiger partial charge in [-0.15, -0.1) is 0 Å². The van der Waals surface area contributed by atoms with Gasteiger partial charge in [0.1, 0.15) is 6.33 Å². The molecule has 0 spiro atoms. The molecule has 1 amide bonds. The van der Waals surface area contributed by atoms with Crippen molar-refractivity contribution in [2.75, 3.05) is 0 Å². The molecule has 1 N–H and O–H groups in total. The van der Waals surface area contributed by atoms with Crippen LogP contribution >= 0.6 is 0 Å². The SMILES string of the molecule is CCCc1ncncc1C(=O)NC(C)c1ncccc1C. The van der Waals surface area contributed by atoms with Crippen LogP contribution in [0.15, 0.2) is 30.9 Å². The van der Waals surface area contributed by atoms with E-state index in [1.807, 2.05) is 26.0 Å². The molecule has 2 aromatic rings. The predicted octanol–water partition coefficient (Wildman–Crippen LogP) is 2.62. The monoisotopic (exact) mass is 284 g/mol. The highest BCUT2D eigenvalue weighted by Crippen LogP contribution is 2.15. The third-order valence-corrected chi connectivity index (χ3v) is 3.33. The van der Waals surface area contributed by atoms with Crippen LogP contribution in [-0.4, -0.2) is 20.9 Å². The highest BCUT2D eigenvalue weighted by molar-refractivity contribution is 5.95. The van der Waals surface area contributed by atoms with E-state index < -0.39 is 0 Å². The Morgan fingerprint density at radius 2 is 2.19 bits per heavy atom. The molecule has 2 aromatic heterocycles. The molecule has 21 heavy (non-hydrogen) atoms. The molecule has 2 rings (SSSR count). The molecule has 0 aromatic carbocycles.